The number of H-pyrrole nitrogens is 1. The molecule has 0 unspecified atom stereocenters. The molecule has 0 aliphatic carbocycles. The van der Waals surface area contributed by atoms with Crippen LogP contribution in [-0.2, 0) is 19.5 Å². The molecule has 1 aliphatic heterocycles. The second-order valence-electron chi connectivity index (χ2n) is 6.41. The number of amides is 1. The predicted molar refractivity (Wildman–Crippen MR) is 96.8 cm³/mol. The van der Waals surface area contributed by atoms with Crippen LogP contribution in [0.5, 0.6) is 5.75 Å². The maximum absolute atomic E-state index is 13.0. The fourth-order valence-corrected chi connectivity index (χ4v) is 3.58. The molecule has 0 bridgehead atoms. The summed E-state index contributed by atoms with van der Waals surface area (Å²) in [5.41, 5.74) is 4.12. The van der Waals surface area contributed by atoms with E-state index in [2.05, 4.69) is 17.1 Å². The lowest BCUT2D eigenvalue weighted by Gasteiger charge is -2.16. The minimum absolute atomic E-state index is 0.0295. The maximum atomic E-state index is 13.0. The number of hydrogen-bond donors (Lipinski definition) is 2. The van der Waals surface area contributed by atoms with E-state index in [-0.39, 0.29) is 11.7 Å². The quantitative estimate of drug-likeness (QED) is 0.745. The molecule has 1 aromatic heterocycles. The molecular weight excluding hydrogens is 338 g/mol. The summed E-state index contributed by atoms with van der Waals surface area (Å²) < 4.78 is 0. The van der Waals surface area contributed by atoms with Crippen LogP contribution in [0, 0.1) is 0 Å². The van der Waals surface area contributed by atoms with Crippen LogP contribution in [0.3, 0.4) is 0 Å². The first kappa shape index (κ1) is 16.0. The summed E-state index contributed by atoms with van der Waals surface area (Å²) in [7, 11) is 0. The predicted octanol–water partition coefficient (Wildman–Crippen LogP) is 4.03. The van der Waals surface area contributed by atoms with Gasteiger partial charge in [0.15, 0.2) is 0 Å². The van der Waals surface area contributed by atoms with E-state index in [1.165, 1.54) is 0 Å². The van der Waals surface area contributed by atoms with Crippen molar-refractivity contribution in [2.24, 2.45) is 0 Å². The third kappa shape index (κ3) is 2.74. The number of fused-ring (bicyclic) bond motifs is 2. The van der Waals surface area contributed by atoms with E-state index in [1.54, 1.807) is 17.0 Å². The molecule has 0 spiro atoms. The van der Waals surface area contributed by atoms with E-state index in [4.69, 9.17) is 11.6 Å². The van der Waals surface area contributed by atoms with Crippen molar-refractivity contribution in [3.63, 3.8) is 0 Å². The van der Waals surface area contributed by atoms with E-state index < -0.39 is 0 Å². The smallest absolute Gasteiger partial charge is 0.258 e. The molecule has 6 heteroatoms. The molecule has 2 N–H and O–H groups in total. The highest BCUT2D eigenvalue weighted by atomic mass is 35.5. The van der Waals surface area contributed by atoms with Gasteiger partial charge in [-0.2, -0.15) is 5.10 Å². The molecule has 1 aliphatic rings. The summed E-state index contributed by atoms with van der Waals surface area (Å²) in [6.45, 7) is 3.11. The summed E-state index contributed by atoms with van der Waals surface area (Å²) in [4.78, 5) is 14.7. The van der Waals surface area contributed by atoms with Crippen molar-refractivity contribution < 1.29 is 9.90 Å². The van der Waals surface area contributed by atoms with Gasteiger partial charge in [-0.1, -0.05) is 31.0 Å². The fourth-order valence-electron chi connectivity index (χ4n) is 3.38. The second kappa shape index (κ2) is 6.08. The summed E-state index contributed by atoms with van der Waals surface area (Å²) >= 11 is 6.04. The molecule has 2 heterocycles. The number of carbonyl (C=O) groups is 1. The van der Waals surface area contributed by atoms with Crippen molar-refractivity contribution in [1.29, 1.82) is 0 Å². The number of phenolic OH excluding ortho intramolecular Hbond substituents is 1. The molecule has 0 radical (unpaired) electrons. The third-order valence-corrected chi connectivity index (χ3v) is 4.89. The zero-order valence-corrected chi connectivity index (χ0v) is 14.6. The Bertz CT molecular complexity index is 980. The van der Waals surface area contributed by atoms with Crippen LogP contribution < -0.4 is 0 Å². The molecule has 0 saturated carbocycles. The first-order valence-electron chi connectivity index (χ1n) is 8.33. The molecule has 25 heavy (non-hydrogen) atoms. The zero-order chi connectivity index (χ0) is 17.6. The topological polar surface area (TPSA) is 69.2 Å². The second-order valence-corrected chi connectivity index (χ2v) is 6.85. The van der Waals surface area contributed by atoms with E-state index in [0.717, 1.165) is 40.6 Å². The minimum atomic E-state index is -0.185. The molecule has 0 atom stereocenters. The Kier molecular flexibility index (Phi) is 3.88. The van der Waals surface area contributed by atoms with Crippen LogP contribution in [0.4, 0.5) is 0 Å². The molecule has 0 saturated heterocycles. The number of phenols is 1. The van der Waals surface area contributed by atoms with Gasteiger partial charge in [0.1, 0.15) is 5.75 Å². The average molecular weight is 356 g/mol. The number of rotatable bonds is 3. The van der Waals surface area contributed by atoms with E-state index >= 15 is 0 Å². The van der Waals surface area contributed by atoms with Crippen LogP contribution in [0.2, 0.25) is 5.02 Å². The number of hydrogen-bond acceptors (Lipinski definition) is 3. The van der Waals surface area contributed by atoms with Gasteiger partial charge in [0.25, 0.3) is 5.91 Å². The Morgan fingerprint density at radius 2 is 2.08 bits per heavy atom. The van der Waals surface area contributed by atoms with Crippen LogP contribution in [0.15, 0.2) is 30.3 Å². The van der Waals surface area contributed by atoms with Gasteiger partial charge in [-0.25, -0.2) is 0 Å². The monoisotopic (exact) mass is 355 g/mol. The highest BCUT2D eigenvalue weighted by Gasteiger charge is 2.26. The van der Waals surface area contributed by atoms with Gasteiger partial charge in [0.05, 0.1) is 16.8 Å². The van der Waals surface area contributed by atoms with Crippen molar-refractivity contribution in [3.05, 3.63) is 57.7 Å². The number of nitrogens with one attached hydrogen (secondary N) is 1. The standard InChI is InChI=1S/C19H18ClN3O2/c1-2-3-16-14-7-15(18(24)8-17(14)22-21-16)19(25)23-9-11-4-5-13(20)6-12(11)10-23/h4-8,24H,2-3,9-10H2,1H3,(H,21,22). The molecular formula is C19H18ClN3O2. The van der Waals surface area contributed by atoms with Crippen LogP contribution >= 0.6 is 11.6 Å². The minimum Gasteiger partial charge on any atom is -0.507 e. The SMILES string of the molecule is CCCc1n[nH]c2cc(O)c(C(=O)N3Cc4ccc(Cl)cc4C3)cc12. The maximum Gasteiger partial charge on any atom is 0.258 e. The molecule has 128 valence electrons. The van der Waals surface area contributed by atoms with E-state index in [0.29, 0.717) is 23.7 Å². The summed E-state index contributed by atoms with van der Waals surface area (Å²) in [5.74, 6) is -0.214. The number of carbonyl (C=O) groups excluding carboxylic acids is 1. The number of aromatic hydroxyl groups is 1. The summed E-state index contributed by atoms with van der Waals surface area (Å²) in [6, 6.07) is 9.00. The normalized spacial score (nSPS) is 13.4. The first-order chi connectivity index (χ1) is 12.1. The van der Waals surface area contributed by atoms with Gasteiger partial charge in [-0.05, 0) is 35.7 Å². The van der Waals surface area contributed by atoms with Crippen molar-refractivity contribution in [2.45, 2.75) is 32.9 Å². The molecule has 2 aromatic carbocycles. The van der Waals surface area contributed by atoms with Crippen LogP contribution in [-0.4, -0.2) is 26.1 Å². The average Bonchev–Trinajstić information content (AvgIpc) is 3.17. The largest absolute Gasteiger partial charge is 0.507 e. The highest BCUT2D eigenvalue weighted by molar-refractivity contribution is 6.30. The highest BCUT2D eigenvalue weighted by Crippen LogP contribution is 2.31. The Morgan fingerprint density at radius 3 is 2.88 bits per heavy atom. The molecule has 3 aromatic rings. The van der Waals surface area contributed by atoms with Gasteiger partial charge in [-0.15, -0.1) is 0 Å². The van der Waals surface area contributed by atoms with Gasteiger partial charge in [-0.3, -0.25) is 9.89 Å². The Morgan fingerprint density at radius 1 is 1.28 bits per heavy atom. The first-order valence-corrected chi connectivity index (χ1v) is 8.71. The number of aromatic amines is 1. The third-order valence-electron chi connectivity index (χ3n) is 4.65. The number of aryl methyl sites for hydroxylation is 1. The van der Waals surface area contributed by atoms with Crippen molar-refractivity contribution >= 4 is 28.4 Å². The number of nitrogens with zero attached hydrogens (tertiary/aromatic N) is 2. The number of aromatic nitrogens is 2. The number of benzene rings is 2. The number of halogens is 1. The Labute approximate surface area is 150 Å². The summed E-state index contributed by atoms with van der Waals surface area (Å²) in [5, 5.41) is 19.1. The van der Waals surface area contributed by atoms with Crippen molar-refractivity contribution in [3.8, 4) is 5.75 Å². The zero-order valence-electron chi connectivity index (χ0n) is 13.8. The fraction of sp³-hybridized carbons (Fsp3) is 0.263. The van der Waals surface area contributed by atoms with Gasteiger partial charge >= 0.3 is 0 Å². The Hall–Kier alpha value is -2.53. The van der Waals surface area contributed by atoms with Gasteiger partial charge < -0.3 is 10.0 Å². The van der Waals surface area contributed by atoms with Crippen LogP contribution in [0.25, 0.3) is 10.9 Å². The summed E-state index contributed by atoms with van der Waals surface area (Å²) in [6.07, 6.45) is 1.79. The van der Waals surface area contributed by atoms with Gasteiger partial charge in [0, 0.05) is 29.6 Å². The van der Waals surface area contributed by atoms with Crippen LogP contribution in [0.1, 0.15) is 40.5 Å². The lowest BCUT2D eigenvalue weighted by molar-refractivity contribution is 0.0748. The molecule has 5 nitrogen and oxygen atoms in total. The Balaban J connectivity index is 1.68. The molecule has 1 amide bonds. The van der Waals surface area contributed by atoms with Gasteiger partial charge in [0.2, 0.25) is 0 Å². The van der Waals surface area contributed by atoms with E-state index in [1.807, 2.05) is 18.2 Å². The van der Waals surface area contributed by atoms with Crippen molar-refractivity contribution in [2.75, 3.05) is 0 Å². The lowest BCUT2D eigenvalue weighted by atomic mass is 10.1. The van der Waals surface area contributed by atoms with Crippen molar-refractivity contribution in [1.82, 2.24) is 15.1 Å². The molecule has 4 rings (SSSR count). The molecule has 0 fully saturated rings. The van der Waals surface area contributed by atoms with E-state index in [9.17, 15) is 9.90 Å². The lowest BCUT2D eigenvalue weighted by Crippen LogP contribution is -2.25.